The van der Waals surface area contributed by atoms with Gasteiger partial charge < -0.3 is 11.1 Å². The maximum Gasteiger partial charge on any atom is 0.263 e. The Balaban J connectivity index is 1.70. The Morgan fingerprint density at radius 2 is 2.20 bits per heavy atom. The van der Waals surface area contributed by atoms with E-state index in [-0.39, 0.29) is 5.91 Å². The van der Waals surface area contributed by atoms with Gasteiger partial charge in [0.05, 0.1) is 5.69 Å². The van der Waals surface area contributed by atoms with Crippen LogP contribution in [0.2, 0.25) is 0 Å². The number of nitrogens with one attached hydrogen (secondary N) is 1. The fourth-order valence-corrected chi connectivity index (χ4v) is 4.77. The van der Waals surface area contributed by atoms with Crippen molar-refractivity contribution in [2.45, 2.75) is 24.5 Å². The molecular formula is C15H18N2OS2. The molecule has 3 N–H and O–H groups in total. The van der Waals surface area contributed by atoms with Gasteiger partial charge in [-0.25, -0.2) is 0 Å². The smallest absolute Gasteiger partial charge is 0.263 e. The van der Waals surface area contributed by atoms with Crippen molar-refractivity contribution < 1.29 is 4.79 Å². The van der Waals surface area contributed by atoms with E-state index in [1.165, 1.54) is 36.4 Å². The predicted octanol–water partition coefficient (Wildman–Crippen LogP) is 3.50. The zero-order valence-corrected chi connectivity index (χ0v) is 12.9. The monoisotopic (exact) mass is 306 g/mol. The molecule has 1 saturated heterocycles. The van der Waals surface area contributed by atoms with Crippen LogP contribution < -0.4 is 11.1 Å². The minimum Gasteiger partial charge on any atom is -0.397 e. The zero-order valence-electron chi connectivity index (χ0n) is 11.2. The van der Waals surface area contributed by atoms with Crippen LogP contribution in [0.5, 0.6) is 0 Å². The van der Waals surface area contributed by atoms with Crippen LogP contribution in [0.25, 0.3) is 10.1 Å². The minimum atomic E-state index is -0.0325. The Labute approximate surface area is 126 Å². The van der Waals surface area contributed by atoms with E-state index in [9.17, 15) is 4.79 Å². The lowest BCUT2D eigenvalue weighted by Gasteiger charge is -2.21. The Morgan fingerprint density at radius 1 is 1.35 bits per heavy atom. The molecule has 1 unspecified atom stereocenters. The standard InChI is InChI=1S/C15H18N2OS2/c16-13-11-6-1-2-7-12(11)20-14(13)15(18)17-9-10-5-3-4-8-19-10/h1-2,6-7,10H,3-5,8-9,16H2,(H,17,18). The molecule has 2 aromatic rings. The van der Waals surface area contributed by atoms with Gasteiger partial charge in [-0.2, -0.15) is 11.8 Å². The third-order valence-electron chi connectivity index (χ3n) is 3.60. The van der Waals surface area contributed by atoms with E-state index in [4.69, 9.17) is 5.73 Å². The van der Waals surface area contributed by atoms with Crippen LogP contribution in [-0.2, 0) is 0 Å². The molecule has 1 aromatic carbocycles. The average molecular weight is 306 g/mol. The molecule has 2 heterocycles. The average Bonchev–Trinajstić information content (AvgIpc) is 2.84. The molecular weight excluding hydrogens is 288 g/mol. The van der Waals surface area contributed by atoms with Gasteiger partial charge in [0.15, 0.2) is 0 Å². The lowest BCUT2D eigenvalue weighted by Crippen LogP contribution is -2.31. The highest BCUT2D eigenvalue weighted by molar-refractivity contribution is 7.99. The highest BCUT2D eigenvalue weighted by Crippen LogP contribution is 2.33. The molecule has 3 rings (SSSR count). The second-order valence-corrected chi connectivity index (χ2v) is 7.50. The third-order valence-corrected chi connectivity index (χ3v) is 6.19. The Bertz CT molecular complexity index is 617. The van der Waals surface area contributed by atoms with Crippen molar-refractivity contribution in [3.63, 3.8) is 0 Å². The van der Waals surface area contributed by atoms with E-state index < -0.39 is 0 Å². The van der Waals surface area contributed by atoms with Crippen LogP contribution in [0.3, 0.4) is 0 Å². The summed E-state index contributed by atoms with van der Waals surface area (Å²) in [6, 6.07) is 7.89. The van der Waals surface area contributed by atoms with Crippen molar-refractivity contribution in [3.05, 3.63) is 29.1 Å². The van der Waals surface area contributed by atoms with Crippen molar-refractivity contribution in [1.29, 1.82) is 0 Å². The van der Waals surface area contributed by atoms with E-state index >= 15 is 0 Å². The quantitative estimate of drug-likeness (QED) is 0.912. The number of thioether (sulfide) groups is 1. The molecule has 1 aliphatic heterocycles. The van der Waals surface area contributed by atoms with Crippen LogP contribution in [-0.4, -0.2) is 23.5 Å². The highest BCUT2D eigenvalue weighted by Gasteiger charge is 2.18. The topological polar surface area (TPSA) is 55.1 Å². The van der Waals surface area contributed by atoms with Crippen molar-refractivity contribution in [2.75, 3.05) is 18.0 Å². The van der Waals surface area contributed by atoms with Crippen molar-refractivity contribution >= 4 is 44.8 Å². The molecule has 1 aliphatic rings. The van der Waals surface area contributed by atoms with E-state index in [1.807, 2.05) is 36.0 Å². The molecule has 20 heavy (non-hydrogen) atoms. The van der Waals surface area contributed by atoms with Crippen LogP contribution in [0.4, 0.5) is 5.69 Å². The first-order valence-electron chi connectivity index (χ1n) is 6.92. The van der Waals surface area contributed by atoms with Crippen LogP contribution >= 0.6 is 23.1 Å². The Hall–Kier alpha value is -1.20. The predicted molar refractivity (Wildman–Crippen MR) is 88.7 cm³/mol. The summed E-state index contributed by atoms with van der Waals surface area (Å²) in [5.41, 5.74) is 6.70. The van der Waals surface area contributed by atoms with E-state index in [1.54, 1.807) is 0 Å². The number of anilines is 1. The van der Waals surface area contributed by atoms with Gasteiger partial charge in [-0.15, -0.1) is 11.3 Å². The second kappa shape index (κ2) is 6.06. The minimum absolute atomic E-state index is 0.0325. The number of nitrogen functional groups attached to an aromatic ring is 1. The first-order valence-corrected chi connectivity index (χ1v) is 8.79. The van der Waals surface area contributed by atoms with Crippen LogP contribution in [0.1, 0.15) is 28.9 Å². The van der Waals surface area contributed by atoms with Crippen molar-refractivity contribution in [1.82, 2.24) is 5.32 Å². The van der Waals surface area contributed by atoms with E-state index in [0.29, 0.717) is 15.8 Å². The molecule has 0 saturated carbocycles. The molecule has 1 amide bonds. The van der Waals surface area contributed by atoms with E-state index in [2.05, 4.69) is 5.32 Å². The molecule has 0 spiro atoms. The van der Waals surface area contributed by atoms with Gasteiger partial charge in [0.2, 0.25) is 0 Å². The second-order valence-electron chi connectivity index (χ2n) is 5.04. The van der Waals surface area contributed by atoms with Gasteiger partial charge in [0.1, 0.15) is 4.88 Å². The first kappa shape index (κ1) is 13.8. The number of thiophene rings is 1. The lowest BCUT2D eigenvalue weighted by molar-refractivity contribution is 0.0958. The summed E-state index contributed by atoms with van der Waals surface area (Å²) in [7, 11) is 0. The summed E-state index contributed by atoms with van der Waals surface area (Å²) in [5, 5.41) is 4.58. The fraction of sp³-hybridized carbons (Fsp3) is 0.400. The maximum absolute atomic E-state index is 12.3. The lowest BCUT2D eigenvalue weighted by atomic mass is 10.2. The SMILES string of the molecule is Nc1c(C(=O)NCC2CCCCS2)sc2ccccc12. The number of carbonyl (C=O) groups excluding carboxylic acids is 1. The molecule has 0 radical (unpaired) electrons. The highest BCUT2D eigenvalue weighted by atomic mass is 32.2. The van der Waals surface area contributed by atoms with Gasteiger partial charge in [-0.05, 0) is 24.7 Å². The zero-order chi connectivity index (χ0) is 13.9. The van der Waals surface area contributed by atoms with Gasteiger partial charge in [-0.3, -0.25) is 4.79 Å². The molecule has 106 valence electrons. The number of nitrogens with two attached hydrogens (primary N) is 1. The molecule has 1 atom stereocenters. The van der Waals surface area contributed by atoms with Gasteiger partial charge >= 0.3 is 0 Å². The summed E-state index contributed by atoms with van der Waals surface area (Å²) in [6.07, 6.45) is 3.78. The number of hydrogen-bond acceptors (Lipinski definition) is 4. The largest absolute Gasteiger partial charge is 0.397 e. The summed E-state index contributed by atoms with van der Waals surface area (Å²) in [4.78, 5) is 12.9. The van der Waals surface area contributed by atoms with Crippen molar-refractivity contribution in [2.24, 2.45) is 0 Å². The Kier molecular flexibility index (Phi) is 4.17. The van der Waals surface area contributed by atoms with E-state index in [0.717, 1.165) is 16.6 Å². The molecule has 0 bridgehead atoms. The fourth-order valence-electron chi connectivity index (χ4n) is 2.49. The summed E-state index contributed by atoms with van der Waals surface area (Å²) in [5.74, 6) is 1.18. The molecule has 1 fully saturated rings. The molecule has 3 nitrogen and oxygen atoms in total. The number of amides is 1. The summed E-state index contributed by atoms with van der Waals surface area (Å²) in [6.45, 7) is 0.747. The molecule has 1 aromatic heterocycles. The van der Waals surface area contributed by atoms with Crippen molar-refractivity contribution in [3.8, 4) is 0 Å². The molecule has 5 heteroatoms. The van der Waals surface area contributed by atoms with Crippen LogP contribution in [0.15, 0.2) is 24.3 Å². The van der Waals surface area contributed by atoms with Gasteiger partial charge in [0.25, 0.3) is 5.91 Å². The number of fused-ring (bicyclic) bond motifs is 1. The number of rotatable bonds is 3. The third kappa shape index (κ3) is 2.79. The van der Waals surface area contributed by atoms with Gasteiger partial charge in [-0.1, -0.05) is 24.6 Å². The van der Waals surface area contributed by atoms with Crippen LogP contribution in [0, 0.1) is 0 Å². The summed E-state index contributed by atoms with van der Waals surface area (Å²) >= 11 is 3.44. The Morgan fingerprint density at radius 3 is 2.95 bits per heavy atom. The normalized spacial score (nSPS) is 19.1. The molecule has 0 aliphatic carbocycles. The maximum atomic E-state index is 12.3. The number of hydrogen-bond donors (Lipinski definition) is 2. The first-order chi connectivity index (χ1) is 9.75. The number of benzene rings is 1. The summed E-state index contributed by atoms with van der Waals surface area (Å²) < 4.78 is 1.07. The number of carbonyl (C=O) groups is 1. The van der Waals surface area contributed by atoms with Gasteiger partial charge in [0, 0.05) is 21.9 Å².